The fourth-order valence-electron chi connectivity index (χ4n) is 3.23. The Morgan fingerprint density at radius 1 is 1.32 bits per heavy atom. The molecule has 0 saturated heterocycles. The Hall–Kier alpha value is -2.01. The molecule has 6 heteroatoms. The number of carboxylic acid groups (broad SMARTS) is 1. The van der Waals surface area contributed by atoms with E-state index in [1.807, 2.05) is 32.0 Å². The molecule has 28 heavy (non-hydrogen) atoms. The van der Waals surface area contributed by atoms with Gasteiger partial charge >= 0.3 is 5.97 Å². The molecule has 0 amide bonds. The van der Waals surface area contributed by atoms with Crippen LogP contribution < -0.4 is 4.74 Å². The van der Waals surface area contributed by atoms with Crippen molar-refractivity contribution >= 4 is 17.6 Å². The molecule has 0 radical (unpaired) electrons. The number of carbonyl (C=O) groups is 1. The number of unbranched alkanes of at least 4 members (excludes halogenated alkanes) is 2. The van der Waals surface area contributed by atoms with Crippen molar-refractivity contribution in [1.29, 1.82) is 0 Å². The summed E-state index contributed by atoms with van der Waals surface area (Å²) in [5.41, 5.74) is 2.90. The molecule has 2 aromatic rings. The van der Waals surface area contributed by atoms with Crippen LogP contribution in [0.3, 0.4) is 0 Å². The Morgan fingerprint density at radius 3 is 2.68 bits per heavy atom. The SMILES string of the molecule is CCCCCOc1ccc(Cn2c(C)nc(CC)c2CC(C)C(=O)O)c(Cl)c1. The summed E-state index contributed by atoms with van der Waals surface area (Å²) in [4.78, 5) is 16.0. The average molecular weight is 407 g/mol. The van der Waals surface area contributed by atoms with Gasteiger partial charge in [0.1, 0.15) is 11.6 Å². The van der Waals surface area contributed by atoms with Crippen LogP contribution in [0.4, 0.5) is 0 Å². The molecular formula is C22H31ClN2O3. The number of aryl methyl sites for hydroxylation is 2. The molecule has 1 heterocycles. The number of hydrogen-bond donors (Lipinski definition) is 1. The first-order valence-electron chi connectivity index (χ1n) is 10.1. The highest BCUT2D eigenvalue weighted by Gasteiger charge is 2.20. The number of carboxylic acids is 1. The Labute approximate surface area is 172 Å². The number of ether oxygens (including phenoxy) is 1. The first-order valence-corrected chi connectivity index (χ1v) is 10.4. The summed E-state index contributed by atoms with van der Waals surface area (Å²) < 4.78 is 7.86. The van der Waals surface area contributed by atoms with Crippen LogP contribution >= 0.6 is 11.6 Å². The van der Waals surface area contributed by atoms with Crippen LogP contribution in [0, 0.1) is 12.8 Å². The number of halogens is 1. The van der Waals surface area contributed by atoms with Crippen LogP contribution in [-0.2, 0) is 24.2 Å². The molecule has 154 valence electrons. The second-order valence-electron chi connectivity index (χ2n) is 7.24. The number of aliphatic carboxylic acids is 1. The maximum atomic E-state index is 11.3. The molecule has 1 atom stereocenters. The molecule has 1 N–H and O–H groups in total. The van der Waals surface area contributed by atoms with Gasteiger partial charge < -0.3 is 14.4 Å². The highest BCUT2D eigenvalue weighted by Crippen LogP contribution is 2.26. The topological polar surface area (TPSA) is 64.4 Å². The van der Waals surface area contributed by atoms with E-state index >= 15 is 0 Å². The van der Waals surface area contributed by atoms with Crippen molar-refractivity contribution < 1.29 is 14.6 Å². The van der Waals surface area contributed by atoms with Gasteiger partial charge in [0.15, 0.2) is 0 Å². The minimum atomic E-state index is -0.796. The molecule has 0 spiro atoms. The predicted molar refractivity (Wildman–Crippen MR) is 112 cm³/mol. The van der Waals surface area contributed by atoms with E-state index in [-0.39, 0.29) is 0 Å². The highest BCUT2D eigenvalue weighted by molar-refractivity contribution is 6.31. The highest BCUT2D eigenvalue weighted by atomic mass is 35.5. The summed E-state index contributed by atoms with van der Waals surface area (Å²) in [6, 6.07) is 5.78. The lowest BCUT2D eigenvalue weighted by atomic mass is 10.0. The molecule has 0 saturated carbocycles. The smallest absolute Gasteiger partial charge is 0.306 e. The zero-order chi connectivity index (χ0) is 20.7. The minimum Gasteiger partial charge on any atom is -0.494 e. The molecule has 1 unspecified atom stereocenters. The number of benzene rings is 1. The zero-order valence-corrected chi connectivity index (χ0v) is 18.1. The molecule has 0 aliphatic heterocycles. The van der Waals surface area contributed by atoms with Crippen LogP contribution in [0.5, 0.6) is 5.75 Å². The monoisotopic (exact) mass is 406 g/mol. The van der Waals surface area contributed by atoms with Gasteiger partial charge in [-0.15, -0.1) is 0 Å². The Morgan fingerprint density at radius 2 is 2.07 bits per heavy atom. The normalized spacial score (nSPS) is 12.2. The van der Waals surface area contributed by atoms with Gasteiger partial charge in [0, 0.05) is 17.1 Å². The summed E-state index contributed by atoms with van der Waals surface area (Å²) >= 11 is 6.51. The summed E-state index contributed by atoms with van der Waals surface area (Å²) in [7, 11) is 0. The fraction of sp³-hybridized carbons (Fsp3) is 0.545. The first kappa shape index (κ1) is 22.3. The number of aromatic nitrogens is 2. The lowest BCUT2D eigenvalue weighted by Gasteiger charge is -2.15. The van der Waals surface area contributed by atoms with Crippen LogP contribution in [0.15, 0.2) is 18.2 Å². The summed E-state index contributed by atoms with van der Waals surface area (Å²) in [6.45, 7) is 9.15. The molecule has 5 nitrogen and oxygen atoms in total. The second kappa shape index (κ2) is 10.5. The van der Waals surface area contributed by atoms with Gasteiger partial charge in [0.25, 0.3) is 0 Å². The predicted octanol–water partition coefficient (Wildman–Crippen LogP) is 5.29. The van der Waals surface area contributed by atoms with Gasteiger partial charge in [0.2, 0.25) is 0 Å². The van der Waals surface area contributed by atoms with Gasteiger partial charge in [-0.3, -0.25) is 4.79 Å². The van der Waals surface area contributed by atoms with Gasteiger partial charge in [-0.05, 0) is 37.5 Å². The van der Waals surface area contributed by atoms with E-state index in [4.69, 9.17) is 16.3 Å². The van der Waals surface area contributed by atoms with Gasteiger partial charge in [-0.1, -0.05) is 51.3 Å². The third-order valence-corrected chi connectivity index (χ3v) is 5.32. The Kier molecular flexibility index (Phi) is 8.36. The van der Waals surface area contributed by atoms with Crippen molar-refractivity contribution in [3.05, 3.63) is 46.0 Å². The second-order valence-corrected chi connectivity index (χ2v) is 7.65. The quantitative estimate of drug-likeness (QED) is 0.515. The summed E-state index contributed by atoms with van der Waals surface area (Å²) in [5.74, 6) is 0.395. The van der Waals surface area contributed by atoms with E-state index < -0.39 is 11.9 Å². The van der Waals surface area contributed by atoms with Crippen LogP contribution in [0.1, 0.15) is 62.8 Å². The molecule has 0 aliphatic rings. The largest absolute Gasteiger partial charge is 0.494 e. The maximum Gasteiger partial charge on any atom is 0.306 e. The fourth-order valence-corrected chi connectivity index (χ4v) is 3.46. The molecule has 1 aromatic heterocycles. The third kappa shape index (κ3) is 5.74. The van der Waals surface area contributed by atoms with E-state index in [0.717, 1.165) is 54.2 Å². The first-order chi connectivity index (χ1) is 13.4. The van der Waals surface area contributed by atoms with E-state index in [0.29, 0.717) is 24.6 Å². The van der Waals surface area contributed by atoms with Crippen molar-refractivity contribution in [2.24, 2.45) is 5.92 Å². The van der Waals surface area contributed by atoms with Crippen molar-refractivity contribution in [1.82, 2.24) is 9.55 Å². The summed E-state index contributed by atoms with van der Waals surface area (Å²) in [5, 5.41) is 9.96. The standard InChI is InChI=1S/C22H31ClN2O3/c1-5-7-8-11-28-18-10-9-17(19(23)13-18)14-25-16(4)24-20(6-2)21(25)12-15(3)22(26)27/h9-10,13,15H,5-8,11-12,14H2,1-4H3,(H,26,27). The third-order valence-electron chi connectivity index (χ3n) is 4.97. The van der Waals surface area contributed by atoms with Crippen molar-refractivity contribution in [3.8, 4) is 5.75 Å². The van der Waals surface area contributed by atoms with Gasteiger partial charge in [-0.25, -0.2) is 4.98 Å². The summed E-state index contributed by atoms with van der Waals surface area (Å²) in [6.07, 6.45) is 4.58. The number of hydrogen-bond acceptors (Lipinski definition) is 3. The van der Waals surface area contributed by atoms with Crippen molar-refractivity contribution in [3.63, 3.8) is 0 Å². The zero-order valence-electron chi connectivity index (χ0n) is 17.3. The average Bonchev–Trinajstić information content (AvgIpc) is 2.95. The lowest BCUT2D eigenvalue weighted by Crippen LogP contribution is -2.17. The van der Waals surface area contributed by atoms with Gasteiger partial charge in [-0.2, -0.15) is 0 Å². The number of rotatable bonds is 11. The van der Waals surface area contributed by atoms with E-state index in [2.05, 4.69) is 16.5 Å². The minimum absolute atomic E-state index is 0.454. The Bertz CT molecular complexity index is 801. The molecule has 0 bridgehead atoms. The van der Waals surface area contributed by atoms with Crippen LogP contribution in [-0.4, -0.2) is 27.2 Å². The Balaban J connectivity index is 2.20. The van der Waals surface area contributed by atoms with Crippen molar-refractivity contribution in [2.75, 3.05) is 6.61 Å². The molecule has 0 fully saturated rings. The van der Waals surface area contributed by atoms with E-state index in [1.54, 1.807) is 6.92 Å². The lowest BCUT2D eigenvalue weighted by molar-refractivity contribution is -0.141. The van der Waals surface area contributed by atoms with Crippen LogP contribution in [0.25, 0.3) is 0 Å². The molecule has 2 rings (SSSR count). The van der Waals surface area contributed by atoms with E-state index in [9.17, 15) is 9.90 Å². The molecular weight excluding hydrogens is 376 g/mol. The van der Waals surface area contributed by atoms with Crippen LogP contribution in [0.2, 0.25) is 5.02 Å². The molecule has 1 aromatic carbocycles. The van der Waals surface area contributed by atoms with Crippen molar-refractivity contribution in [2.45, 2.75) is 66.3 Å². The molecule has 0 aliphatic carbocycles. The number of nitrogens with zero attached hydrogens (tertiary/aromatic N) is 2. The maximum absolute atomic E-state index is 11.3. The number of imidazole rings is 1. The van der Waals surface area contributed by atoms with E-state index in [1.165, 1.54) is 0 Å². The van der Waals surface area contributed by atoms with Gasteiger partial charge in [0.05, 0.1) is 24.8 Å².